The quantitative estimate of drug-likeness (QED) is 0.765. The van der Waals surface area contributed by atoms with Gasteiger partial charge in [-0.1, -0.05) is 44.5 Å². The van der Waals surface area contributed by atoms with E-state index >= 15 is 0 Å². The molecule has 0 saturated carbocycles. The first kappa shape index (κ1) is 21.8. The molecule has 1 aromatic carbocycles. The summed E-state index contributed by atoms with van der Waals surface area (Å²) in [5.74, 6) is 1.40. The van der Waals surface area contributed by atoms with Crippen molar-refractivity contribution in [3.05, 3.63) is 59.3 Å². The van der Waals surface area contributed by atoms with Gasteiger partial charge in [-0.2, -0.15) is 0 Å². The molecule has 0 spiro atoms. The molecule has 1 unspecified atom stereocenters. The number of pyridine rings is 1. The molecule has 3 rings (SSSR count). The number of carbonyl (C=O) groups excluding carboxylic acids is 2. The zero-order valence-corrected chi connectivity index (χ0v) is 18.2. The number of hydrogen-bond donors (Lipinski definition) is 1. The molecule has 1 aliphatic rings. The number of carbonyl (C=O) groups is 2. The number of nitrogens with zero attached hydrogens (tertiary/aromatic N) is 3. The average Bonchev–Trinajstić information content (AvgIpc) is 2.79. The monoisotopic (exact) mass is 408 g/mol. The summed E-state index contributed by atoms with van der Waals surface area (Å²) >= 11 is 0. The fraction of sp³-hybridized carbons (Fsp3) is 0.458. The Kier molecular flexibility index (Phi) is 7.44. The van der Waals surface area contributed by atoms with Gasteiger partial charge >= 0.3 is 0 Å². The molecule has 1 saturated heterocycles. The second-order valence-electron chi connectivity index (χ2n) is 8.10. The highest BCUT2D eigenvalue weighted by Gasteiger charge is 2.22. The maximum Gasteiger partial charge on any atom is 0.252 e. The Bertz CT molecular complexity index is 858. The van der Waals surface area contributed by atoms with Crippen LogP contribution in [0.25, 0.3) is 0 Å². The van der Waals surface area contributed by atoms with Crippen LogP contribution in [0, 0.1) is 12.8 Å². The van der Waals surface area contributed by atoms with Gasteiger partial charge in [-0.05, 0) is 36.1 Å². The average molecular weight is 409 g/mol. The Balaban J connectivity index is 1.50. The van der Waals surface area contributed by atoms with Crippen LogP contribution in [0.5, 0.6) is 0 Å². The predicted molar refractivity (Wildman–Crippen MR) is 120 cm³/mol. The van der Waals surface area contributed by atoms with Crippen molar-refractivity contribution < 1.29 is 9.59 Å². The Morgan fingerprint density at radius 3 is 2.47 bits per heavy atom. The Morgan fingerprint density at radius 1 is 1.10 bits per heavy atom. The highest BCUT2D eigenvalue weighted by atomic mass is 16.2. The van der Waals surface area contributed by atoms with Gasteiger partial charge in [0, 0.05) is 38.9 Å². The van der Waals surface area contributed by atoms with E-state index in [1.807, 2.05) is 48.2 Å². The largest absolute Gasteiger partial charge is 0.353 e. The summed E-state index contributed by atoms with van der Waals surface area (Å²) in [5.41, 5.74) is 2.82. The molecule has 1 N–H and O–H groups in total. The standard InChI is InChI=1S/C24H32N4O2/c1-4-18(2)16-26-24(30)21-9-10-22(25-17-21)27-11-13-28(14-12-27)23(29)15-20-8-6-5-7-19(20)3/h5-10,17-18H,4,11-16H2,1-3H3,(H,26,30). The SMILES string of the molecule is CCC(C)CNC(=O)c1ccc(N2CCN(C(=O)Cc3ccccc3C)CC2)nc1. The number of benzene rings is 1. The maximum absolute atomic E-state index is 12.7. The van der Waals surface area contributed by atoms with E-state index in [2.05, 4.69) is 29.0 Å². The molecule has 6 nitrogen and oxygen atoms in total. The van der Waals surface area contributed by atoms with E-state index in [4.69, 9.17) is 0 Å². The first-order valence-electron chi connectivity index (χ1n) is 10.8. The van der Waals surface area contributed by atoms with Gasteiger partial charge < -0.3 is 15.1 Å². The van der Waals surface area contributed by atoms with Crippen molar-refractivity contribution in [2.24, 2.45) is 5.92 Å². The van der Waals surface area contributed by atoms with Crippen LogP contribution in [0.4, 0.5) is 5.82 Å². The third kappa shape index (κ3) is 5.59. The van der Waals surface area contributed by atoms with Gasteiger partial charge in [0.25, 0.3) is 5.91 Å². The second-order valence-corrected chi connectivity index (χ2v) is 8.10. The van der Waals surface area contributed by atoms with Crippen molar-refractivity contribution in [3.8, 4) is 0 Å². The summed E-state index contributed by atoms with van der Waals surface area (Å²) in [6.45, 7) is 9.80. The van der Waals surface area contributed by atoms with Crippen LogP contribution in [0.3, 0.4) is 0 Å². The number of aryl methyl sites for hydroxylation is 1. The number of nitrogens with one attached hydrogen (secondary N) is 1. The lowest BCUT2D eigenvalue weighted by Crippen LogP contribution is -2.49. The molecule has 1 atom stereocenters. The number of hydrogen-bond acceptors (Lipinski definition) is 4. The van der Waals surface area contributed by atoms with Gasteiger partial charge in [0.2, 0.25) is 5.91 Å². The van der Waals surface area contributed by atoms with Gasteiger partial charge in [-0.25, -0.2) is 4.98 Å². The van der Waals surface area contributed by atoms with Crippen LogP contribution in [0.1, 0.15) is 41.8 Å². The Labute approximate surface area is 179 Å². The molecule has 160 valence electrons. The van der Waals surface area contributed by atoms with E-state index in [0.29, 0.717) is 37.5 Å². The van der Waals surface area contributed by atoms with Crippen molar-refractivity contribution in [1.29, 1.82) is 0 Å². The van der Waals surface area contributed by atoms with E-state index in [-0.39, 0.29) is 11.8 Å². The molecule has 30 heavy (non-hydrogen) atoms. The Morgan fingerprint density at radius 2 is 1.83 bits per heavy atom. The van der Waals surface area contributed by atoms with Gasteiger partial charge in [-0.3, -0.25) is 9.59 Å². The first-order chi connectivity index (χ1) is 14.5. The molecule has 1 aliphatic heterocycles. The number of piperazine rings is 1. The molecule has 0 radical (unpaired) electrons. The number of aromatic nitrogens is 1. The van der Waals surface area contributed by atoms with Crippen LogP contribution in [0.2, 0.25) is 0 Å². The molecule has 0 aliphatic carbocycles. The van der Waals surface area contributed by atoms with Crippen molar-refractivity contribution in [1.82, 2.24) is 15.2 Å². The third-order valence-electron chi connectivity index (χ3n) is 5.88. The lowest BCUT2D eigenvalue weighted by atomic mass is 10.1. The molecule has 6 heteroatoms. The number of rotatable bonds is 7. The summed E-state index contributed by atoms with van der Waals surface area (Å²) in [6.07, 6.45) is 3.12. The molecule has 1 aromatic heterocycles. The number of anilines is 1. The summed E-state index contributed by atoms with van der Waals surface area (Å²) in [5, 5.41) is 2.95. The molecule has 2 aromatic rings. The molecule has 0 bridgehead atoms. The minimum Gasteiger partial charge on any atom is -0.353 e. The molecular weight excluding hydrogens is 376 g/mol. The fourth-order valence-electron chi connectivity index (χ4n) is 3.49. The maximum atomic E-state index is 12.7. The van der Waals surface area contributed by atoms with E-state index in [1.54, 1.807) is 6.20 Å². The van der Waals surface area contributed by atoms with Gasteiger partial charge in [0.05, 0.1) is 12.0 Å². The predicted octanol–water partition coefficient (Wildman–Crippen LogP) is 3.06. The molecule has 1 fully saturated rings. The number of amides is 2. The van der Waals surface area contributed by atoms with Gasteiger partial charge in [0.1, 0.15) is 5.82 Å². The summed E-state index contributed by atoms with van der Waals surface area (Å²) in [7, 11) is 0. The van der Waals surface area contributed by atoms with Crippen LogP contribution < -0.4 is 10.2 Å². The van der Waals surface area contributed by atoms with Gasteiger partial charge in [0.15, 0.2) is 0 Å². The van der Waals surface area contributed by atoms with E-state index in [9.17, 15) is 9.59 Å². The van der Waals surface area contributed by atoms with E-state index in [0.717, 1.165) is 36.5 Å². The van der Waals surface area contributed by atoms with Crippen molar-refractivity contribution in [2.75, 3.05) is 37.6 Å². The minimum absolute atomic E-state index is 0.0824. The molecular formula is C24H32N4O2. The van der Waals surface area contributed by atoms with Crippen molar-refractivity contribution in [3.63, 3.8) is 0 Å². The Hall–Kier alpha value is -2.89. The lowest BCUT2D eigenvalue weighted by Gasteiger charge is -2.35. The van der Waals surface area contributed by atoms with E-state index in [1.165, 1.54) is 0 Å². The van der Waals surface area contributed by atoms with Crippen LogP contribution in [-0.4, -0.2) is 54.4 Å². The zero-order chi connectivity index (χ0) is 21.5. The smallest absolute Gasteiger partial charge is 0.252 e. The fourth-order valence-corrected chi connectivity index (χ4v) is 3.49. The van der Waals surface area contributed by atoms with Crippen LogP contribution in [0.15, 0.2) is 42.6 Å². The lowest BCUT2D eigenvalue weighted by molar-refractivity contribution is -0.130. The minimum atomic E-state index is -0.0824. The van der Waals surface area contributed by atoms with Crippen molar-refractivity contribution in [2.45, 2.75) is 33.6 Å². The van der Waals surface area contributed by atoms with E-state index < -0.39 is 0 Å². The molecule has 2 heterocycles. The van der Waals surface area contributed by atoms with Gasteiger partial charge in [-0.15, -0.1) is 0 Å². The zero-order valence-electron chi connectivity index (χ0n) is 18.2. The summed E-state index contributed by atoms with van der Waals surface area (Å²) in [6, 6.07) is 11.8. The summed E-state index contributed by atoms with van der Waals surface area (Å²) in [4.78, 5) is 33.5. The third-order valence-corrected chi connectivity index (χ3v) is 5.88. The van der Waals surface area contributed by atoms with Crippen molar-refractivity contribution >= 4 is 17.6 Å². The highest BCUT2D eigenvalue weighted by Crippen LogP contribution is 2.16. The van der Waals surface area contributed by atoms with Crippen LogP contribution in [-0.2, 0) is 11.2 Å². The first-order valence-corrected chi connectivity index (χ1v) is 10.8. The van der Waals surface area contributed by atoms with Crippen LogP contribution >= 0.6 is 0 Å². The second kappa shape index (κ2) is 10.2. The summed E-state index contributed by atoms with van der Waals surface area (Å²) < 4.78 is 0. The highest BCUT2D eigenvalue weighted by molar-refractivity contribution is 5.94. The normalized spacial score (nSPS) is 15.0. The topological polar surface area (TPSA) is 65.5 Å². The molecule has 2 amide bonds.